The molecule has 0 unspecified atom stereocenters. The summed E-state index contributed by atoms with van der Waals surface area (Å²) in [6, 6.07) is 11.3. The molecule has 0 aliphatic carbocycles. The Morgan fingerprint density at radius 2 is 1.47 bits per heavy atom. The van der Waals surface area contributed by atoms with Crippen LogP contribution in [0.15, 0.2) is 42.5 Å². The van der Waals surface area contributed by atoms with E-state index in [1.165, 1.54) is 12.1 Å². The Hall–Kier alpha value is -1.70. The SMILES string of the molecule is CC(C)c1ccccc1-c1cc(F)cc(F)c1. The van der Waals surface area contributed by atoms with Crippen LogP contribution in [0.2, 0.25) is 0 Å². The molecule has 2 rings (SSSR count). The van der Waals surface area contributed by atoms with E-state index in [0.717, 1.165) is 17.2 Å². The van der Waals surface area contributed by atoms with Gasteiger partial charge in [0, 0.05) is 6.07 Å². The minimum absolute atomic E-state index is 0.317. The van der Waals surface area contributed by atoms with Gasteiger partial charge in [-0.1, -0.05) is 38.1 Å². The van der Waals surface area contributed by atoms with E-state index in [1.54, 1.807) is 0 Å². The van der Waals surface area contributed by atoms with Crippen LogP contribution in [0.5, 0.6) is 0 Å². The van der Waals surface area contributed by atoms with Crippen LogP contribution in [-0.4, -0.2) is 0 Å². The van der Waals surface area contributed by atoms with E-state index >= 15 is 0 Å². The van der Waals surface area contributed by atoms with E-state index in [-0.39, 0.29) is 0 Å². The monoisotopic (exact) mass is 232 g/mol. The molecule has 2 heteroatoms. The fourth-order valence-corrected chi connectivity index (χ4v) is 1.97. The second-order valence-corrected chi connectivity index (χ2v) is 4.40. The summed E-state index contributed by atoms with van der Waals surface area (Å²) in [6.07, 6.45) is 0. The molecule has 0 saturated carbocycles. The molecule has 0 atom stereocenters. The molecule has 88 valence electrons. The summed E-state index contributed by atoms with van der Waals surface area (Å²) in [7, 11) is 0. The highest BCUT2D eigenvalue weighted by molar-refractivity contribution is 5.68. The topological polar surface area (TPSA) is 0 Å². The van der Waals surface area contributed by atoms with Gasteiger partial charge in [-0.15, -0.1) is 0 Å². The summed E-state index contributed by atoms with van der Waals surface area (Å²) in [6.45, 7) is 4.13. The van der Waals surface area contributed by atoms with Crippen molar-refractivity contribution in [3.05, 3.63) is 59.7 Å². The molecular formula is C15H14F2. The molecule has 2 aromatic rings. The molecule has 0 fully saturated rings. The average molecular weight is 232 g/mol. The lowest BCUT2D eigenvalue weighted by atomic mass is 9.92. The molecule has 17 heavy (non-hydrogen) atoms. The van der Waals surface area contributed by atoms with Crippen molar-refractivity contribution in [2.45, 2.75) is 19.8 Å². The summed E-state index contributed by atoms with van der Waals surface area (Å²) in [5, 5.41) is 0. The van der Waals surface area contributed by atoms with E-state index < -0.39 is 11.6 Å². The predicted molar refractivity (Wildman–Crippen MR) is 65.9 cm³/mol. The van der Waals surface area contributed by atoms with Gasteiger partial charge < -0.3 is 0 Å². The first-order valence-corrected chi connectivity index (χ1v) is 5.63. The van der Waals surface area contributed by atoms with Gasteiger partial charge in [-0.3, -0.25) is 0 Å². The van der Waals surface area contributed by atoms with Crippen molar-refractivity contribution in [1.82, 2.24) is 0 Å². The van der Waals surface area contributed by atoms with Gasteiger partial charge in [-0.25, -0.2) is 8.78 Å². The highest BCUT2D eigenvalue weighted by atomic mass is 19.1. The van der Waals surface area contributed by atoms with Gasteiger partial charge in [0.25, 0.3) is 0 Å². The number of benzene rings is 2. The van der Waals surface area contributed by atoms with Crippen molar-refractivity contribution in [2.24, 2.45) is 0 Å². The molecule has 0 heterocycles. The first-order chi connectivity index (χ1) is 8.08. The normalized spacial score (nSPS) is 10.9. The Labute approximate surface area is 99.9 Å². The molecule has 0 bridgehead atoms. The highest BCUT2D eigenvalue weighted by Crippen LogP contribution is 2.29. The Bertz CT molecular complexity index is 510. The minimum atomic E-state index is -0.543. The first-order valence-electron chi connectivity index (χ1n) is 5.63. The van der Waals surface area contributed by atoms with Crippen molar-refractivity contribution in [1.29, 1.82) is 0 Å². The fraction of sp³-hybridized carbons (Fsp3) is 0.200. The lowest BCUT2D eigenvalue weighted by Gasteiger charge is -2.12. The lowest BCUT2D eigenvalue weighted by Crippen LogP contribution is -1.93. The maximum atomic E-state index is 13.2. The third-order valence-corrected chi connectivity index (χ3v) is 2.76. The van der Waals surface area contributed by atoms with Crippen molar-refractivity contribution < 1.29 is 8.78 Å². The largest absolute Gasteiger partial charge is 0.207 e. The summed E-state index contributed by atoms with van der Waals surface area (Å²) in [4.78, 5) is 0. The second kappa shape index (κ2) is 4.66. The molecular weight excluding hydrogens is 218 g/mol. The van der Waals surface area contributed by atoms with Crippen LogP contribution in [0.25, 0.3) is 11.1 Å². The molecule has 0 spiro atoms. The van der Waals surface area contributed by atoms with Crippen LogP contribution >= 0.6 is 0 Å². The maximum absolute atomic E-state index is 13.2. The van der Waals surface area contributed by atoms with E-state index in [1.807, 2.05) is 24.3 Å². The number of hydrogen-bond acceptors (Lipinski definition) is 0. The average Bonchev–Trinajstić information content (AvgIpc) is 2.27. The summed E-state index contributed by atoms with van der Waals surface area (Å²) < 4.78 is 26.4. The van der Waals surface area contributed by atoms with E-state index in [0.29, 0.717) is 11.5 Å². The van der Waals surface area contributed by atoms with E-state index in [4.69, 9.17) is 0 Å². The molecule has 0 radical (unpaired) electrons. The number of halogens is 2. The van der Waals surface area contributed by atoms with Gasteiger partial charge >= 0.3 is 0 Å². The quantitative estimate of drug-likeness (QED) is 0.700. The van der Waals surface area contributed by atoms with Crippen LogP contribution in [0.1, 0.15) is 25.3 Å². The van der Waals surface area contributed by atoms with Crippen LogP contribution in [0.4, 0.5) is 8.78 Å². The van der Waals surface area contributed by atoms with Gasteiger partial charge in [0.05, 0.1) is 0 Å². The number of rotatable bonds is 2. The van der Waals surface area contributed by atoms with Gasteiger partial charge in [0.15, 0.2) is 0 Å². The summed E-state index contributed by atoms with van der Waals surface area (Å²) in [5.74, 6) is -0.769. The lowest BCUT2D eigenvalue weighted by molar-refractivity contribution is 0.584. The van der Waals surface area contributed by atoms with Crippen molar-refractivity contribution in [3.63, 3.8) is 0 Å². The van der Waals surface area contributed by atoms with Crippen molar-refractivity contribution in [2.75, 3.05) is 0 Å². The molecule has 0 nitrogen and oxygen atoms in total. The Balaban J connectivity index is 2.60. The standard InChI is InChI=1S/C15H14F2/c1-10(2)14-5-3-4-6-15(14)11-7-12(16)9-13(17)8-11/h3-10H,1-2H3. The third-order valence-electron chi connectivity index (χ3n) is 2.76. The highest BCUT2D eigenvalue weighted by Gasteiger charge is 2.09. The third kappa shape index (κ3) is 2.52. The molecule has 0 N–H and O–H groups in total. The van der Waals surface area contributed by atoms with Crippen LogP contribution in [0.3, 0.4) is 0 Å². The predicted octanol–water partition coefficient (Wildman–Crippen LogP) is 4.76. The molecule has 0 amide bonds. The molecule has 0 saturated heterocycles. The molecule has 0 aliphatic rings. The van der Waals surface area contributed by atoms with Gasteiger partial charge in [0.2, 0.25) is 0 Å². The van der Waals surface area contributed by atoms with Crippen molar-refractivity contribution in [3.8, 4) is 11.1 Å². The summed E-state index contributed by atoms with van der Waals surface area (Å²) in [5.41, 5.74) is 2.57. The summed E-state index contributed by atoms with van der Waals surface area (Å²) >= 11 is 0. The van der Waals surface area contributed by atoms with Crippen LogP contribution < -0.4 is 0 Å². The maximum Gasteiger partial charge on any atom is 0.126 e. The Morgan fingerprint density at radius 3 is 2.06 bits per heavy atom. The minimum Gasteiger partial charge on any atom is -0.207 e. The van der Waals surface area contributed by atoms with Gasteiger partial charge in [0.1, 0.15) is 11.6 Å². The first kappa shape index (κ1) is 11.8. The number of hydrogen-bond donors (Lipinski definition) is 0. The zero-order valence-corrected chi connectivity index (χ0v) is 9.87. The Kier molecular flexibility index (Phi) is 3.23. The van der Waals surface area contributed by atoms with E-state index in [9.17, 15) is 8.78 Å². The zero-order chi connectivity index (χ0) is 12.4. The second-order valence-electron chi connectivity index (χ2n) is 4.40. The zero-order valence-electron chi connectivity index (χ0n) is 9.87. The van der Waals surface area contributed by atoms with Gasteiger partial charge in [-0.2, -0.15) is 0 Å². The van der Waals surface area contributed by atoms with E-state index in [2.05, 4.69) is 13.8 Å². The van der Waals surface area contributed by atoms with Crippen LogP contribution in [-0.2, 0) is 0 Å². The molecule has 2 aromatic carbocycles. The molecule has 0 aromatic heterocycles. The smallest absolute Gasteiger partial charge is 0.126 e. The Morgan fingerprint density at radius 1 is 0.882 bits per heavy atom. The van der Waals surface area contributed by atoms with Crippen LogP contribution in [0, 0.1) is 11.6 Å². The van der Waals surface area contributed by atoms with Gasteiger partial charge in [-0.05, 0) is 34.7 Å². The molecule has 0 aliphatic heterocycles. The fourth-order valence-electron chi connectivity index (χ4n) is 1.97. The van der Waals surface area contributed by atoms with Crippen molar-refractivity contribution >= 4 is 0 Å².